The van der Waals surface area contributed by atoms with Gasteiger partial charge < -0.3 is 0 Å². The van der Waals surface area contributed by atoms with Crippen molar-refractivity contribution >= 4 is 69.5 Å². The summed E-state index contributed by atoms with van der Waals surface area (Å²) in [5.41, 5.74) is 1.15. The van der Waals surface area contributed by atoms with Crippen LogP contribution < -0.4 is 0 Å². The molecule has 3 aromatic rings. The van der Waals surface area contributed by atoms with Crippen molar-refractivity contribution in [1.82, 2.24) is 0 Å². The number of nitrogens with zero attached hydrogens (tertiary/aromatic N) is 1. The van der Waals surface area contributed by atoms with E-state index < -0.39 is 17.3 Å². The molecule has 0 saturated heterocycles. The summed E-state index contributed by atoms with van der Waals surface area (Å²) in [5, 5.41) is 1.20. The standard InChI is InChI=1S/C21H11Cl3F3NOS/c22-16-7-12(8-17(23)19(16)24)20(21(25,26)27)9-18(28-30-20)15-6-5-11(10-29)13-3-1-2-4-14(13)15/h1-8,10H,9H2. The first-order valence-corrected chi connectivity index (χ1v) is 10.5. The Bertz CT molecular complexity index is 1190. The maximum atomic E-state index is 14.3. The number of fused-ring (bicyclic) bond motifs is 1. The average Bonchev–Trinajstić information content (AvgIpc) is 3.17. The number of carbonyl (C=O) groups is 1. The van der Waals surface area contributed by atoms with Crippen molar-refractivity contribution in [3.05, 3.63) is 80.3 Å². The van der Waals surface area contributed by atoms with Crippen LogP contribution in [0.25, 0.3) is 10.8 Å². The summed E-state index contributed by atoms with van der Waals surface area (Å²) in [5.74, 6) is 0. The number of halogens is 6. The minimum atomic E-state index is -4.64. The molecule has 0 bridgehead atoms. The maximum absolute atomic E-state index is 14.3. The van der Waals surface area contributed by atoms with Crippen molar-refractivity contribution in [2.45, 2.75) is 17.3 Å². The van der Waals surface area contributed by atoms with Gasteiger partial charge in [0, 0.05) is 17.5 Å². The van der Waals surface area contributed by atoms with Crippen LogP contribution in [0.4, 0.5) is 13.2 Å². The van der Waals surface area contributed by atoms with E-state index in [1.807, 2.05) is 0 Å². The van der Waals surface area contributed by atoms with Crippen LogP contribution in [0.1, 0.15) is 27.9 Å². The third kappa shape index (κ3) is 3.40. The van der Waals surface area contributed by atoms with Crippen molar-refractivity contribution in [2.24, 2.45) is 4.40 Å². The summed E-state index contributed by atoms with van der Waals surface area (Å²) >= 11 is 18.4. The Balaban J connectivity index is 1.85. The summed E-state index contributed by atoms with van der Waals surface area (Å²) in [6, 6.07) is 12.6. The van der Waals surface area contributed by atoms with E-state index in [0.29, 0.717) is 33.8 Å². The fraction of sp³-hybridized carbons (Fsp3) is 0.143. The summed E-state index contributed by atoms with van der Waals surface area (Å²) in [6.45, 7) is 0. The molecule has 0 saturated carbocycles. The van der Waals surface area contributed by atoms with E-state index in [4.69, 9.17) is 34.8 Å². The molecule has 154 valence electrons. The van der Waals surface area contributed by atoms with Crippen LogP contribution in [0.5, 0.6) is 0 Å². The van der Waals surface area contributed by atoms with Crippen LogP contribution in [0, 0.1) is 0 Å². The molecule has 1 aliphatic rings. The lowest BCUT2D eigenvalue weighted by Crippen LogP contribution is -2.38. The number of alkyl halides is 3. The molecule has 1 unspecified atom stereocenters. The molecule has 0 amide bonds. The predicted molar refractivity (Wildman–Crippen MR) is 117 cm³/mol. The number of carbonyl (C=O) groups excluding carboxylic acids is 1. The molecule has 0 aromatic heterocycles. The number of hydrogen-bond donors (Lipinski definition) is 0. The highest BCUT2D eigenvalue weighted by Crippen LogP contribution is 2.57. The summed E-state index contributed by atoms with van der Waals surface area (Å²) in [6.07, 6.45) is -4.34. The average molecular weight is 489 g/mol. The van der Waals surface area contributed by atoms with E-state index in [0.717, 1.165) is 6.29 Å². The lowest BCUT2D eigenvalue weighted by molar-refractivity contribution is -0.159. The van der Waals surface area contributed by atoms with Gasteiger partial charge in [0.1, 0.15) is 0 Å². The second kappa shape index (κ2) is 7.75. The van der Waals surface area contributed by atoms with Crippen molar-refractivity contribution in [2.75, 3.05) is 0 Å². The van der Waals surface area contributed by atoms with Crippen molar-refractivity contribution in [3.8, 4) is 0 Å². The second-order valence-corrected chi connectivity index (χ2v) is 9.00. The van der Waals surface area contributed by atoms with E-state index in [-0.39, 0.29) is 26.3 Å². The first-order chi connectivity index (χ1) is 14.2. The Morgan fingerprint density at radius 1 is 1.00 bits per heavy atom. The Labute approximate surface area is 189 Å². The summed E-state index contributed by atoms with van der Waals surface area (Å²) in [4.78, 5) is 11.3. The molecule has 1 aliphatic heterocycles. The van der Waals surface area contributed by atoms with Gasteiger partial charge in [0.2, 0.25) is 0 Å². The molecular weight excluding hydrogens is 478 g/mol. The molecule has 1 heterocycles. The largest absolute Gasteiger partial charge is 0.409 e. The third-order valence-corrected chi connectivity index (χ3v) is 7.46. The van der Waals surface area contributed by atoms with Gasteiger partial charge in [-0.3, -0.25) is 4.79 Å². The molecule has 0 radical (unpaired) electrons. The van der Waals surface area contributed by atoms with Gasteiger partial charge in [-0.15, -0.1) is 0 Å². The minimum Gasteiger partial charge on any atom is -0.298 e. The van der Waals surface area contributed by atoms with E-state index in [1.165, 1.54) is 12.1 Å². The Morgan fingerprint density at radius 2 is 1.63 bits per heavy atom. The van der Waals surface area contributed by atoms with Gasteiger partial charge in [0.15, 0.2) is 11.0 Å². The second-order valence-electron chi connectivity index (χ2n) is 6.75. The van der Waals surface area contributed by atoms with Crippen LogP contribution in [-0.2, 0) is 4.75 Å². The number of benzene rings is 3. The molecule has 4 rings (SSSR count). The quantitative estimate of drug-likeness (QED) is 0.213. The zero-order valence-electron chi connectivity index (χ0n) is 14.9. The number of rotatable bonds is 3. The molecular formula is C21H11Cl3F3NOS. The molecule has 30 heavy (non-hydrogen) atoms. The molecule has 1 atom stereocenters. The molecule has 9 heteroatoms. The summed E-state index contributed by atoms with van der Waals surface area (Å²) < 4.78 is 44.8. The maximum Gasteiger partial charge on any atom is 0.409 e. The van der Waals surface area contributed by atoms with Crippen LogP contribution in [-0.4, -0.2) is 18.2 Å². The predicted octanol–water partition coefficient (Wildman–Crippen LogP) is 7.91. The van der Waals surface area contributed by atoms with Crippen molar-refractivity contribution < 1.29 is 18.0 Å². The number of hydrogen-bond acceptors (Lipinski definition) is 3. The monoisotopic (exact) mass is 487 g/mol. The smallest absolute Gasteiger partial charge is 0.298 e. The molecule has 3 aromatic carbocycles. The normalized spacial score (nSPS) is 19.2. The van der Waals surface area contributed by atoms with Crippen molar-refractivity contribution in [1.29, 1.82) is 0 Å². The lowest BCUT2D eigenvalue weighted by Gasteiger charge is -2.30. The zero-order chi connectivity index (χ0) is 21.7. The highest BCUT2D eigenvalue weighted by molar-refractivity contribution is 7.99. The summed E-state index contributed by atoms with van der Waals surface area (Å²) in [7, 11) is 0. The first kappa shape index (κ1) is 21.5. The van der Waals surface area contributed by atoms with Crippen LogP contribution in [0.15, 0.2) is 52.9 Å². The van der Waals surface area contributed by atoms with Crippen molar-refractivity contribution in [3.63, 3.8) is 0 Å². The van der Waals surface area contributed by atoms with Crippen LogP contribution in [0.2, 0.25) is 15.1 Å². The molecule has 0 aliphatic carbocycles. The fourth-order valence-corrected chi connectivity index (χ4v) is 5.07. The Hall–Kier alpha value is -1.73. The molecule has 0 N–H and O–H groups in total. The van der Waals surface area contributed by atoms with Gasteiger partial charge in [-0.2, -0.15) is 13.2 Å². The van der Waals surface area contributed by atoms with E-state index in [1.54, 1.807) is 36.4 Å². The third-order valence-electron chi connectivity index (χ3n) is 5.03. The molecule has 0 spiro atoms. The molecule has 0 fully saturated rings. The lowest BCUT2D eigenvalue weighted by atomic mass is 9.87. The first-order valence-electron chi connectivity index (χ1n) is 8.62. The highest BCUT2D eigenvalue weighted by Gasteiger charge is 2.60. The van der Waals surface area contributed by atoms with Gasteiger partial charge in [-0.1, -0.05) is 71.2 Å². The Kier molecular flexibility index (Phi) is 5.56. The van der Waals surface area contributed by atoms with Gasteiger partial charge in [0.25, 0.3) is 0 Å². The molecule has 2 nitrogen and oxygen atoms in total. The van der Waals surface area contributed by atoms with Gasteiger partial charge >= 0.3 is 6.18 Å². The fourth-order valence-electron chi connectivity index (χ4n) is 3.51. The zero-order valence-corrected chi connectivity index (χ0v) is 18.0. The van der Waals surface area contributed by atoms with E-state index >= 15 is 0 Å². The van der Waals surface area contributed by atoms with E-state index in [2.05, 4.69) is 4.40 Å². The topological polar surface area (TPSA) is 29.4 Å². The van der Waals surface area contributed by atoms with E-state index in [9.17, 15) is 18.0 Å². The van der Waals surface area contributed by atoms with Gasteiger partial charge in [-0.25, -0.2) is 4.40 Å². The minimum absolute atomic E-state index is 0.000933. The Morgan fingerprint density at radius 3 is 2.23 bits per heavy atom. The number of aldehydes is 1. The SMILES string of the molecule is O=Cc1ccc(C2=NSC(c3cc(Cl)c(Cl)c(Cl)c3)(C(F)(F)F)C2)c2ccccc12. The van der Waals surface area contributed by atoms with Crippen LogP contribution >= 0.6 is 46.8 Å². The van der Waals surface area contributed by atoms with Crippen LogP contribution in [0.3, 0.4) is 0 Å². The van der Waals surface area contributed by atoms with Gasteiger partial charge in [-0.05, 0) is 40.4 Å². The highest BCUT2D eigenvalue weighted by atomic mass is 35.5. The van der Waals surface area contributed by atoms with Gasteiger partial charge in [0.05, 0.1) is 20.8 Å².